The lowest BCUT2D eigenvalue weighted by molar-refractivity contribution is 0.233. The van der Waals surface area contributed by atoms with Crippen LogP contribution in [0.25, 0.3) is 0 Å². The van der Waals surface area contributed by atoms with Gasteiger partial charge in [-0.1, -0.05) is 25.7 Å². The molecular weight excluding hydrogens is 308 g/mol. The summed E-state index contributed by atoms with van der Waals surface area (Å²) in [4.78, 5) is 0. The molecule has 2 nitrogen and oxygen atoms in total. The molecule has 0 spiro atoms. The summed E-state index contributed by atoms with van der Waals surface area (Å²) in [5, 5.41) is 11.8. The highest BCUT2D eigenvalue weighted by atomic mass is 32.2. The normalized spacial score (nSPS) is 54.5. The molecule has 8 unspecified atom stereocenters. The molecule has 0 radical (unpaired) electrons. The van der Waals surface area contributed by atoms with Crippen LogP contribution in [-0.4, -0.2) is 45.2 Å². The van der Waals surface area contributed by atoms with Crippen LogP contribution in [0.15, 0.2) is 0 Å². The molecule has 2 aliphatic heterocycles. The Kier molecular flexibility index (Phi) is 4.18. The number of thioether (sulfide) groups is 2. The average Bonchev–Trinajstić information content (AvgIpc) is 2.56. The van der Waals surface area contributed by atoms with Crippen molar-refractivity contribution in [2.45, 2.75) is 109 Å². The zero-order valence-corrected chi connectivity index (χ0v) is 15.1. The van der Waals surface area contributed by atoms with Crippen LogP contribution in [0.4, 0.5) is 0 Å². The highest BCUT2D eigenvalue weighted by molar-refractivity contribution is 8.01. The predicted molar refractivity (Wildman–Crippen MR) is 97.9 cm³/mol. The van der Waals surface area contributed by atoms with E-state index in [0.717, 1.165) is 45.2 Å². The van der Waals surface area contributed by atoms with Crippen molar-refractivity contribution in [3.05, 3.63) is 0 Å². The Balaban J connectivity index is 1.29. The monoisotopic (exact) mass is 338 g/mol. The van der Waals surface area contributed by atoms with Crippen molar-refractivity contribution >= 4 is 23.5 Å². The SMILES string of the molecule is C1CCC2SC3CC4NC5CCCCC5SC4CC3NC2C1. The van der Waals surface area contributed by atoms with Gasteiger partial charge in [-0.15, -0.1) is 0 Å². The highest BCUT2D eigenvalue weighted by Gasteiger charge is 2.48. The summed E-state index contributed by atoms with van der Waals surface area (Å²) in [7, 11) is 0. The van der Waals surface area contributed by atoms with Crippen LogP contribution in [0.2, 0.25) is 0 Å². The first-order chi connectivity index (χ1) is 10.9. The fourth-order valence-electron chi connectivity index (χ4n) is 5.68. The molecule has 2 saturated heterocycles. The van der Waals surface area contributed by atoms with E-state index in [1.807, 2.05) is 0 Å². The van der Waals surface area contributed by atoms with Gasteiger partial charge in [0.25, 0.3) is 0 Å². The fraction of sp³-hybridized carbons (Fsp3) is 1.00. The summed E-state index contributed by atoms with van der Waals surface area (Å²) >= 11 is 4.75. The van der Waals surface area contributed by atoms with E-state index in [9.17, 15) is 0 Å². The molecule has 124 valence electrons. The molecule has 0 amide bonds. The van der Waals surface area contributed by atoms with E-state index in [1.54, 1.807) is 0 Å². The lowest BCUT2D eigenvalue weighted by Gasteiger charge is -2.54. The second-order valence-corrected chi connectivity index (χ2v) is 11.2. The number of nitrogens with one attached hydrogen (secondary N) is 2. The van der Waals surface area contributed by atoms with Crippen molar-refractivity contribution in [3.8, 4) is 0 Å². The summed E-state index contributed by atoms with van der Waals surface area (Å²) < 4.78 is 0. The number of hydrogen-bond acceptors (Lipinski definition) is 4. The second kappa shape index (κ2) is 6.16. The number of hydrogen-bond donors (Lipinski definition) is 2. The van der Waals surface area contributed by atoms with Gasteiger partial charge >= 0.3 is 0 Å². The summed E-state index contributed by atoms with van der Waals surface area (Å²) in [5.41, 5.74) is 0. The van der Waals surface area contributed by atoms with Gasteiger partial charge in [-0.25, -0.2) is 0 Å². The van der Waals surface area contributed by atoms with Gasteiger partial charge in [0.1, 0.15) is 0 Å². The zero-order valence-electron chi connectivity index (χ0n) is 13.5. The maximum atomic E-state index is 4.10. The minimum Gasteiger partial charge on any atom is -0.309 e. The van der Waals surface area contributed by atoms with Gasteiger partial charge in [-0.2, -0.15) is 23.5 Å². The molecule has 0 bridgehead atoms. The minimum atomic E-state index is 0.806. The first-order valence-electron chi connectivity index (χ1n) is 9.70. The Morgan fingerprint density at radius 3 is 1.45 bits per heavy atom. The second-order valence-electron chi connectivity index (χ2n) is 8.23. The van der Waals surface area contributed by atoms with E-state index in [1.165, 1.54) is 64.2 Å². The zero-order chi connectivity index (χ0) is 14.5. The molecule has 5 rings (SSSR count). The lowest BCUT2D eigenvalue weighted by Crippen LogP contribution is -2.65. The molecule has 3 saturated carbocycles. The van der Waals surface area contributed by atoms with Crippen LogP contribution in [0.3, 0.4) is 0 Å². The van der Waals surface area contributed by atoms with E-state index in [2.05, 4.69) is 34.2 Å². The molecule has 5 fully saturated rings. The molecule has 4 heteroatoms. The quantitative estimate of drug-likeness (QED) is 0.705. The third-order valence-electron chi connectivity index (χ3n) is 6.83. The first-order valence-corrected chi connectivity index (χ1v) is 11.6. The average molecular weight is 339 g/mol. The molecule has 0 aromatic carbocycles. The van der Waals surface area contributed by atoms with E-state index in [-0.39, 0.29) is 0 Å². The smallest absolute Gasteiger partial charge is 0.0220 e. The van der Waals surface area contributed by atoms with Gasteiger partial charge in [-0.05, 0) is 38.5 Å². The van der Waals surface area contributed by atoms with E-state index in [4.69, 9.17) is 0 Å². The maximum absolute atomic E-state index is 4.10. The van der Waals surface area contributed by atoms with Crippen molar-refractivity contribution in [1.82, 2.24) is 10.6 Å². The van der Waals surface area contributed by atoms with Gasteiger partial charge in [-0.3, -0.25) is 0 Å². The summed E-state index contributed by atoms with van der Waals surface area (Å²) in [6.45, 7) is 0. The predicted octanol–water partition coefficient (Wildman–Crippen LogP) is 3.55. The van der Waals surface area contributed by atoms with E-state index < -0.39 is 0 Å². The van der Waals surface area contributed by atoms with Crippen LogP contribution < -0.4 is 10.6 Å². The lowest BCUT2D eigenvalue weighted by atomic mass is 9.85. The summed E-state index contributed by atoms with van der Waals surface area (Å²) in [6, 6.07) is 3.28. The van der Waals surface area contributed by atoms with Crippen LogP contribution in [0, 0.1) is 0 Å². The molecule has 0 aromatic heterocycles. The minimum absolute atomic E-state index is 0.806. The molecule has 22 heavy (non-hydrogen) atoms. The summed E-state index contributed by atoms with van der Waals surface area (Å²) in [6.07, 6.45) is 14.5. The van der Waals surface area contributed by atoms with Gasteiger partial charge in [0, 0.05) is 45.2 Å². The number of fused-ring (bicyclic) bond motifs is 4. The topological polar surface area (TPSA) is 24.1 Å². The number of rotatable bonds is 0. The molecule has 2 N–H and O–H groups in total. The van der Waals surface area contributed by atoms with Gasteiger partial charge in [0.05, 0.1) is 0 Å². The van der Waals surface area contributed by atoms with E-state index >= 15 is 0 Å². The van der Waals surface area contributed by atoms with Crippen LogP contribution in [0.5, 0.6) is 0 Å². The van der Waals surface area contributed by atoms with Crippen molar-refractivity contribution < 1.29 is 0 Å². The highest BCUT2D eigenvalue weighted by Crippen LogP contribution is 2.47. The van der Waals surface area contributed by atoms with Crippen molar-refractivity contribution in [2.24, 2.45) is 0 Å². The standard InChI is InChI=1S/C18H30N2S2/c1-3-7-15-11(5-1)19-13-9-18-14(10-17(13)21-15)20-12-6-2-4-8-16(12)22-18/h11-20H,1-10H2. The van der Waals surface area contributed by atoms with Gasteiger partial charge in [0.2, 0.25) is 0 Å². The van der Waals surface area contributed by atoms with Crippen LogP contribution >= 0.6 is 23.5 Å². The Labute approximate surface area is 143 Å². The Hall–Kier alpha value is 0.620. The maximum Gasteiger partial charge on any atom is 0.0220 e. The van der Waals surface area contributed by atoms with Crippen LogP contribution in [0.1, 0.15) is 64.2 Å². The van der Waals surface area contributed by atoms with E-state index in [0.29, 0.717) is 0 Å². The Bertz CT molecular complexity index is 344. The van der Waals surface area contributed by atoms with Crippen molar-refractivity contribution in [2.75, 3.05) is 0 Å². The molecule has 5 aliphatic rings. The molecule has 3 aliphatic carbocycles. The van der Waals surface area contributed by atoms with Gasteiger partial charge in [0.15, 0.2) is 0 Å². The molecule has 2 heterocycles. The fourth-order valence-corrected chi connectivity index (χ4v) is 9.39. The molecule has 0 aromatic rings. The third kappa shape index (κ3) is 2.66. The molecular formula is C18H30N2S2. The van der Waals surface area contributed by atoms with Crippen LogP contribution in [-0.2, 0) is 0 Å². The largest absolute Gasteiger partial charge is 0.309 e. The Morgan fingerprint density at radius 2 is 0.955 bits per heavy atom. The van der Waals surface area contributed by atoms with Gasteiger partial charge < -0.3 is 10.6 Å². The van der Waals surface area contributed by atoms with Crippen molar-refractivity contribution in [3.63, 3.8) is 0 Å². The Morgan fingerprint density at radius 1 is 0.500 bits per heavy atom. The van der Waals surface area contributed by atoms with Crippen molar-refractivity contribution in [1.29, 1.82) is 0 Å². The first kappa shape index (κ1) is 14.9. The summed E-state index contributed by atoms with van der Waals surface area (Å²) in [5.74, 6) is 0. The third-order valence-corrected chi connectivity index (χ3v) is 10.4. The molecule has 8 atom stereocenters.